The van der Waals surface area contributed by atoms with Crippen molar-refractivity contribution in [2.45, 2.75) is 45.6 Å². The molecule has 22 heavy (non-hydrogen) atoms. The third-order valence-electron chi connectivity index (χ3n) is 3.49. The molecule has 0 heterocycles. The molecular weight excluding hydrogens is 280 g/mol. The van der Waals surface area contributed by atoms with Gasteiger partial charge in [-0.15, -0.1) is 0 Å². The van der Waals surface area contributed by atoms with E-state index < -0.39 is 5.97 Å². The lowest BCUT2D eigenvalue weighted by atomic mass is 9.98. The van der Waals surface area contributed by atoms with Gasteiger partial charge in [-0.3, -0.25) is 0 Å². The van der Waals surface area contributed by atoms with Crippen molar-refractivity contribution < 1.29 is 19.4 Å². The van der Waals surface area contributed by atoms with Crippen LogP contribution < -0.4 is 4.74 Å². The van der Waals surface area contributed by atoms with Crippen LogP contribution in [0.2, 0.25) is 0 Å². The number of hydrogen-bond acceptors (Lipinski definition) is 3. The van der Waals surface area contributed by atoms with Gasteiger partial charge in [-0.05, 0) is 49.1 Å². The molecule has 1 atom stereocenters. The molecule has 4 heteroatoms. The molecule has 0 spiro atoms. The van der Waals surface area contributed by atoms with E-state index in [1.807, 2.05) is 25.1 Å². The number of carboxylic acids is 1. The molecule has 1 rings (SSSR count). The van der Waals surface area contributed by atoms with Crippen molar-refractivity contribution in [2.24, 2.45) is 0 Å². The van der Waals surface area contributed by atoms with Gasteiger partial charge in [0, 0.05) is 12.7 Å². The van der Waals surface area contributed by atoms with Crippen molar-refractivity contribution in [3.8, 4) is 5.75 Å². The number of benzene rings is 1. The first-order valence-electron chi connectivity index (χ1n) is 7.80. The summed E-state index contributed by atoms with van der Waals surface area (Å²) in [5, 5.41) is 8.81. The first kappa shape index (κ1) is 18.2. The first-order chi connectivity index (χ1) is 10.6. The Labute approximate surface area is 132 Å². The number of hydrogen-bond donors (Lipinski definition) is 1. The maximum Gasteiger partial charge on any atom is 0.328 e. The van der Waals surface area contributed by atoms with E-state index in [9.17, 15) is 4.79 Å². The number of aliphatic carboxylic acids is 1. The van der Waals surface area contributed by atoms with Crippen LogP contribution in [-0.4, -0.2) is 30.9 Å². The van der Waals surface area contributed by atoms with Gasteiger partial charge in [0.05, 0.1) is 13.2 Å². The lowest BCUT2D eigenvalue weighted by molar-refractivity contribution is -0.131. The normalized spacial score (nSPS) is 12.5. The van der Waals surface area contributed by atoms with Crippen LogP contribution in [0, 0.1) is 0 Å². The van der Waals surface area contributed by atoms with E-state index in [1.165, 1.54) is 0 Å². The molecular formula is C18H26O4. The Morgan fingerprint density at radius 2 is 2.14 bits per heavy atom. The van der Waals surface area contributed by atoms with Gasteiger partial charge in [-0.1, -0.05) is 25.8 Å². The zero-order valence-electron chi connectivity index (χ0n) is 13.7. The zero-order valence-corrected chi connectivity index (χ0v) is 13.7. The Hall–Kier alpha value is -1.81. The Morgan fingerprint density at radius 1 is 1.36 bits per heavy atom. The summed E-state index contributed by atoms with van der Waals surface area (Å²) < 4.78 is 11.1. The largest absolute Gasteiger partial charge is 0.497 e. The predicted molar refractivity (Wildman–Crippen MR) is 88.3 cm³/mol. The van der Waals surface area contributed by atoms with Gasteiger partial charge < -0.3 is 14.6 Å². The van der Waals surface area contributed by atoms with Gasteiger partial charge in [-0.25, -0.2) is 4.79 Å². The molecule has 0 radical (unpaired) electrons. The second-order valence-corrected chi connectivity index (χ2v) is 5.16. The van der Waals surface area contributed by atoms with Gasteiger partial charge in [-0.2, -0.15) is 0 Å². The van der Waals surface area contributed by atoms with Crippen LogP contribution in [0.1, 0.15) is 44.2 Å². The summed E-state index contributed by atoms with van der Waals surface area (Å²) in [4.78, 5) is 10.7. The average molecular weight is 306 g/mol. The Morgan fingerprint density at radius 3 is 2.73 bits per heavy atom. The Balaban J connectivity index is 2.98. The van der Waals surface area contributed by atoms with Gasteiger partial charge in [0.15, 0.2) is 0 Å². The molecule has 0 fully saturated rings. The summed E-state index contributed by atoms with van der Waals surface area (Å²) in [5.74, 6) is -0.178. The van der Waals surface area contributed by atoms with E-state index in [0.29, 0.717) is 6.61 Å². The standard InChI is InChI=1S/C18H26O4/c1-4-6-7-17(22-5-2)13-15-12-16(21-3)10-8-14(15)9-11-18(19)20/h8-12,17H,4-7,13H2,1-3H3,(H,19,20). The highest BCUT2D eigenvalue weighted by atomic mass is 16.5. The second-order valence-electron chi connectivity index (χ2n) is 5.16. The fourth-order valence-corrected chi connectivity index (χ4v) is 2.37. The molecule has 0 aliphatic carbocycles. The highest BCUT2D eigenvalue weighted by molar-refractivity contribution is 5.85. The second kappa shape index (κ2) is 10.0. The van der Waals surface area contributed by atoms with Gasteiger partial charge >= 0.3 is 5.97 Å². The number of carbonyl (C=O) groups is 1. The van der Waals surface area contributed by atoms with Gasteiger partial charge in [0.25, 0.3) is 0 Å². The number of carboxylic acid groups (broad SMARTS) is 1. The van der Waals surface area contributed by atoms with Crippen molar-refractivity contribution in [1.82, 2.24) is 0 Å². The highest BCUT2D eigenvalue weighted by Gasteiger charge is 2.12. The molecule has 0 saturated carbocycles. The molecule has 0 amide bonds. The fraction of sp³-hybridized carbons (Fsp3) is 0.500. The summed E-state index contributed by atoms with van der Waals surface area (Å²) in [6.07, 6.45) is 6.94. The molecule has 0 bridgehead atoms. The molecule has 1 N–H and O–H groups in total. The van der Waals surface area contributed by atoms with E-state index in [-0.39, 0.29) is 6.10 Å². The van der Waals surface area contributed by atoms with Crippen LogP contribution in [0.3, 0.4) is 0 Å². The lowest BCUT2D eigenvalue weighted by Crippen LogP contribution is -2.17. The van der Waals surface area contributed by atoms with Crippen LogP contribution in [0.15, 0.2) is 24.3 Å². The van der Waals surface area contributed by atoms with Gasteiger partial charge in [0.1, 0.15) is 5.75 Å². The number of methoxy groups -OCH3 is 1. The highest BCUT2D eigenvalue weighted by Crippen LogP contribution is 2.22. The van der Waals surface area contributed by atoms with Crippen molar-refractivity contribution in [1.29, 1.82) is 0 Å². The maximum absolute atomic E-state index is 10.7. The quantitative estimate of drug-likeness (QED) is 0.665. The molecule has 122 valence electrons. The molecule has 1 unspecified atom stereocenters. The number of rotatable bonds is 10. The zero-order chi connectivity index (χ0) is 16.4. The molecule has 0 aromatic heterocycles. The third kappa shape index (κ3) is 6.31. The minimum absolute atomic E-state index is 0.147. The van der Waals surface area contributed by atoms with Crippen LogP contribution in [0.25, 0.3) is 6.08 Å². The molecule has 0 saturated heterocycles. The van der Waals surface area contributed by atoms with E-state index in [4.69, 9.17) is 14.6 Å². The molecule has 1 aromatic rings. The Kier molecular flexibility index (Phi) is 8.30. The van der Waals surface area contributed by atoms with Crippen LogP contribution >= 0.6 is 0 Å². The molecule has 4 nitrogen and oxygen atoms in total. The topological polar surface area (TPSA) is 55.8 Å². The van der Waals surface area contributed by atoms with Crippen molar-refractivity contribution >= 4 is 12.0 Å². The summed E-state index contributed by atoms with van der Waals surface area (Å²) in [6, 6.07) is 5.68. The van der Waals surface area contributed by atoms with E-state index in [1.54, 1.807) is 13.2 Å². The number of unbranched alkanes of at least 4 members (excludes halogenated alkanes) is 1. The predicted octanol–water partition coefficient (Wildman–Crippen LogP) is 3.93. The minimum Gasteiger partial charge on any atom is -0.497 e. The molecule has 1 aromatic carbocycles. The summed E-state index contributed by atoms with van der Waals surface area (Å²) in [7, 11) is 1.63. The monoisotopic (exact) mass is 306 g/mol. The van der Waals surface area contributed by atoms with E-state index >= 15 is 0 Å². The first-order valence-corrected chi connectivity index (χ1v) is 7.80. The maximum atomic E-state index is 10.7. The summed E-state index contributed by atoms with van der Waals surface area (Å²) >= 11 is 0. The van der Waals surface area contributed by atoms with E-state index in [0.717, 1.165) is 48.6 Å². The summed E-state index contributed by atoms with van der Waals surface area (Å²) in [5.41, 5.74) is 1.94. The lowest BCUT2D eigenvalue weighted by Gasteiger charge is -2.18. The molecule has 0 aliphatic heterocycles. The fourth-order valence-electron chi connectivity index (χ4n) is 2.37. The SMILES string of the molecule is CCCCC(Cc1cc(OC)ccc1C=CC(=O)O)OCC. The smallest absolute Gasteiger partial charge is 0.328 e. The van der Waals surface area contributed by atoms with Crippen LogP contribution in [-0.2, 0) is 16.0 Å². The van der Waals surface area contributed by atoms with Crippen molar-refractivity contribution in [3.05, 3.63) is 35.4 Å². The Bertz CT molecular complexity index is 494. The van der Waals surface area contributed by atoms with Crippen molar-refractivity contribution in [2.75, 3.05) is 13.7 Å². The van der Waals surface area contributed by atoms with E-state index in [2.05, 4.69) is 6.92 Å². The third-order valence-corrected chi connectivity index (χ3v) is 3.49. The van der Waals surface area contributed by atoms with Crippen LogP contribution in [0.4, 0.5) is 0 Å². The minimum atomic E-state index is -0.950. The number of ether oxygens (including phenoxy) is 2. The summed E-state index contributed by atoms with van der Waals surface area (Å²) in [6.45, 7) is 4.84. The molecule has 0 aliphatic rings. The average Bonchev–Trinajstić information content (AvgIpc) is 2.51. The van der Waals surface area contributed by atoms with Gasteiger partial charge in [0.2, 0.25) is 0 Å². The van der Waals surface area contributed by atoms with Crippen molar-refractivity contribution in [3.63, 3.8) is 0 Å². The van der Waals surface area contributed by atoms with Crippen LogP contribution in [0.5, 0.6) is 5.75 Å².